The maximum Gasteiger partial charge on any atom is 0.337 e. The molecule has 0 bridgehead atoms. The Hall–Kier alpha value is -3.15. The summed E-state index contributed by atoms with van der Waals surface area (Å²) in [6.45, 7) is 0.105. The van der Waals surface area contributed by atoms with Crippen LogP contribution in [0, 0.1) is 5.82 Å². The van der Waals surface area contributed by atoms with Crippen LogP contribution in [-0.2, 0) is 16.1 Å². The molecule has 0 radical (unpaired) electrons. The van der Waals surface area contributed by atoms with Gasteiger partial charge in [0.1, 0.15) is 12.4 Å². The first-order valence-electron chi connectivity index (χ1n) is 7.29. The number of carbonyl (C=O) groups is 2. The van der Waals surface area contributed by atoms with Gasteiger partial charge >= 0.3 is 5.97 Å². The topological polar surface area (TPSA) is 60.3 Å². The van der Waals surface area contributed by atoms with E-state index in [-0.39, 0.29) is 18.3 Å². The van der Waals surface area contributed by atoms with Crippen LogP contribution in [0.25, 0.3) is 10.9 Å². The van der Waals surface area contributed by atoms with E-state index in [0.717, 1.165) is 10.9 Å². The van der Waals surface area contributed by atoms with E-state index in [4.69, 9.17) is 0 Å². The highest BCUT2D eigenvalue weighted by Crippen LogP contribution is 2.17. The number of hydrogen-bond acceptors (Lipinski definition) is 3. The van der Waals surface area contributed by atoms with Crippen molar-refractivity contribution in [2.24, 2.45) is 0 Å². The number of rotatable bonds is 4. The molecule has 0 spiro atoms. The van der Waals surface area contributed by atoms with E-state index in [9.17, 15) is 14.0 Å². The van der Waals surface area contributed by atoms with Crippen LogP contribution < -0.4 is 5.32 Å². The quantitative estimate of drug-likeness (QED) is 0.749. The van der Waals surface area contributed by atoms with E-state index in [0.29, 0.717) is 11.3 Å². The number of fused-ring (bicyclic) bond motifs is 1. The van der Waals surface area contributed by atoms with Gasteiger partial charge in [-0.1, -0.05) is 0 Å². The summed E-state index contributed by atoms with van der Waals surface area (Å²) in [6, 6.07) is 12.6. The van der Waals surface area contributed by atoms with Crippen molar-refractivity contribution in [1.82, 2.24) is 4.57 Å². The molecule has 0 saturated carbocycles. The Kier molecular flexibility index (Phi) is 4.29. The second kappa shape index (κ2) is 6.54. The van der Waals surface area contributed by atoms with Gasteiger partial charge in [-0.2, -0.15) is 0 Å². The number of halogens is 1. The first-order chi connectivity index (χ1) is 11.6. The molecule has 0 saturated heterocycles. The third-order valence-corrected chi connectivity index (χ3v) is 3.64. The predicted octanol–water partition coefficient (Wildman–Crippen LogP) is 3.21. The van der Waals surface area contributed by atoms with Gasteiger partial charge in [0.05, 0.1) is 12.7 Å². The number of benzene rings is 2. The van der Waals surface area contributed by atoms with Crippen LogP contribution in [0.3, 0.4) is 0 Å². The number of nitrogens with zero attached hydrogens (tertiary/aromatic N) is 1. The zero-order chi connectivity index (χ0) is 17.1. The number of nitrogens with one attached hydrogen (secondary N) is 1. The first kappa shape index (κ1) is 15.7. The summed E-state index contributed by atoms with van der Waals surface area (Å²) in [6.07, 6.45) is 1.74. The summed E-state index contributed by atoms with van der Waals surface area (Å²) < 4.78 is 19.6. The summed E-state index contributed by atoms with van der Waals surface area (Å²) in [5.41, 5.74) is 1.77. The fourth-order valence-corrected chi connectivity index (χ4v) is 2.47. The number of methoxy groups -OCH3 is 1. The lowest BCUT2D eigenvalue weighted by Crippen LogP contribution is -2.18. The van der Waals surface area contributed by atoms with E-state index in [1.54, 1.807) is 47.2 Å². The monoisotopic (exact) mass is 326 g/mol. The smallest absolute Gasteiger partial charge is 0.337 e. The van der Waals surface area contributed by atoms with Gasteiger partial charge in [0.15, 0.2) is 0 Å². The van der Waals surface area contributed by atoms with Crippen molar-refractivity contribution in [2.75, 3.05) is 12.4 Å². The van der Waals surface area contributed by atoms with Crippen molar-refractivity contribution in [1.29, 1.82) is 0 Å². The molecule has 0 atom stereocenters. The molecule has 0 fully saturated rings. The Bertz CT molecular complexity index is 900. The Labute approximate surface area is 137 Å². The highest BCUT2D eigenvalue weighted by atomic mass is 19.1. The summed E-state index contributed by atoms with van der Waals surface area (Å²) in [7, 11) is 1.31. The number of ether oxygens (including phenoxy) is 1. The molecule has 5 nitrogen and oxygen atoms in total. The molecule has 3 aromatic rings. The average molecular weight is 326 g/mol. The fourth-order valence-electron chi connectivity index (χ4n) is 2.47. The lowest BCUT2D eigenvalue weighted by molar-refractivity contribution is -0.116. The fraction of sp³-hybridized carbons (Fsp3) is 0.111. The van der Waals surface area contributed by atoms with E-state index >= 15 is 0 Å². The molecular weight excluding hydrogens is 311 g/mol. The molecule has 122 valence electrons. The van der Waals surface area contributed by atoms with Gasteiger partial charge in [0.25, 0.3) is 0 Å². The summed E-state index contributed by atoms with van der Waals surface area (Å²) in [5, 5.41) is 3.50. The molecule has 0 unspecified atom stereocenters. The van der Waals surface area contributed by atoms with E-state index in [1.807, 2.05) is 0 Å². The zero-order valence-electron chi connectivity index (χ0n) is 13.0. The molecule has 24 heavy (non-hydrogen) atoms. The third kappa shape index (κ3) is 3.27. The molecule has 1 heterocycles. The number of carbonyl (C=O) groups excluding carboxylic acids is 2. The third-order valence-electron chi connectivity index (χ3n) is 3.64. The van der Waals surface area contributed by atoms with Crippen molar-refractivity contribution < 1.29 is 18.7 Å². The second-order valence-corrected chi connectivity index (χ2v) is 5.26. The lowest BCUT2D eigenvalue weighted by Gasteiger charge is -2.08. The summed E-state index contributed by atoms with van der Waals surface area (Å²) in [4.78, 5) is 23.5. The van der Waals surface area contributed by atoms with Gasteiger partial charge in [0.2, 0.25) is 5.91 Å². The van der Waals surface area contributed by atoms with E-state index < -0.39 is 5.97 Å². The van der Waals surface area contributed by atoms with Gasteiger partial charge in [-0.25, -0.2) is 9.18 Å². The molecular formula is C18H15FN2O3. The number of aromatic nitrogens is 1. The summed E-state index contributed by atoms with van der Waals surface area (Å²) in [5.74, 6) is -0.961. The Morgan fingerprint density at radius 3 is 2.58 bits per heavy atom. The SMILES string of the molecule is COC(=O)c1ccc(NC(=O)Cn2ccc3cc(F)ccc32)cc1. The molecule has 3 rings (SSSR count). The van der Waals surface area contributed by atoms with Crippen molar-refractivity contribution in [3.63, 3.8) is 0 Å². The number of esters is 1. The van der Waals surface area contributed by atoms with Crippen LogP contribution in [-0.4, -0.2) is 23.6 Å². The number of hydrogen-bond donors (Lipinski definition) is 1. The van der Waals surface area contributed by atoms with Crippen LogP contribution >= 0.6 is 0 Å². The van der Waals surface area contributed by atoms with Crippen molar-refractivity contribution in [3.05, 3.63) is 66.1 Å². The standard InChI is InChI=1S/C18H15FN2O3/c1-24-18(23)12-2-5-15(6-3-12)20-17(22)11-21-9-8-13-10-14(19)4-7-16(13)21/h2-10H,11H2,1H3,(H,20,22). The zero-order valence-corrected chi connectivity index (χ0v) is 13.0. The van der Waals surface area contributed by atoms with Gasteiger partial charge in [0, 0.05) is 22.8 Å². The molecule has 0 aliphatic rings. The van der Waals surface area contributed by atoms with Crippen molar-refractivity contribution in [3.8, 4) is 0 Å². The summed E-state index contributed by atoms with van der Waals surface area (Å²) >= 11 is 0. The lowest BCUT2D eigenvalue weighted by atomic mass is 10.2. The average Bonchev–Trinajstić information content (AvgIpc) is 2.96. The molecule has 2 aromatic carbocycles. The van der Waals surface area contributed by atoms with Gasteiger partial charge in [-0.3, -0.25) is 4.79 Å². The highest BCUT2D eigenvalue weighted by Gasteiger charge is 2.09. The van der Waals surface area contributed by atoms with Crippen LogP contribution in [0.15, 0.2) is 54.7 Å². The maximum atomic E-state index is 13.2. The molecule has 1 aromatic heterocycles. The normalized spacial score (nSPS) is 10.6. The van der Waals surface area contributed by atoms with E-state index in [2.05, 4.69) is 10.1 Å². The molecule has 0 aliphatic carbocycles. The molecule has 1 amide bonds. The second-order valence-electron chi connectivity index (χ2n) is 5.26. The number of amides is 1. The Morgan fingerprint density at radius 2 is 1.88 bits per heavy atom. The molecule has 1 N–H and O–H groups in total. The molecule has 6 heteroatoms. The van der Waals surface area contributed by atoms with Crippen LogP contribution in [0.2, 0.25) is 0 Å². The number of anilines is 1. The van der Waals surface area contributed by atoms with Gasteiger partial charge < -0.3 is 14.6 Å². The van der Waals surface area contributed by atoms with Gasteiger partial charge in [-0.15, -0.1) is 0 Å². The maximum absolute atomic E-state index is 13.2. The van der Waals surface area contributed by atoms with Crippen molar-refractivity contribution in [2.45, 2.75) is 6.54 Å². The van der Waals surface area contributed by atoms with E-state index in [1.165, 1.54) is 19.2 Å². The minimum Gasteiger partial charge on any atom is -0.465 e. The van der Waals surface area contributed by atoms with Crippen molar-refractivity contribution >= 4 is 28.5 Å². The Balaban J connectivity index is 1.69. The van der Waals surface area contributed by atoms with Crippen LogP contribution in [0.4, 0.5) is 10.1 Å². The van der Waals surface area contributed by atoms with Crippen LogP contribution in [0.5, 0.6) is 0 Å². The van der Waals surface area contributed by atoms with Crippen LogP contribution in [0.1, 0.15) is 10.4 Å². The Morgan fingerprint density at radius 1 is 1.12 bits per heavy atom. The minimum absolute atomic E-state index is 0.105. The van der Waals surface area contributed by atoms with Gasteiger partial charge in [-0.05, 0) is 48.5 Å². The largest absolute Gasteiger partial charge is 0.465 e. The highest BCUT2D eigenvalue weighted by molar-refractivity contribution is 5.93. The minimum atomic E-state index is -0.432. The predicted molar refractivity (Wildman–Crippen MR) is 88.3 cm³/mol. The first-order valence-corrected chi connectivity index (χ1v) is 7.29. The molecule has 0 aliphatic heterocycles.